The van der Waals surface area contributed by atoms with Crippen LogP contribution in [0.4, 0.5) is 0 Å². The van der Waals surface area contributed by atoms with E-state index in [0.717, 1.165) is 0 Å². The highest BCUT2D eigenvalue weighted by Crippen LogP contribution is 2.37. The van der Waals surface area contributed by atoms with Gasteiger partial charge in [0, 0.05) is 0 Å². The van der Waals surface area contributed by atoms with Crippen molar-refractivity contribution in [2.24, 2.45) is 10.8 Å². The van der Waals surface area contributed by atoms with Gasteiger partial charge in [-0.15, -0.1) is 0 Å². The van der Waals surface area contributed by atoms with Gasteiger partial charge in [0.05, 0.1) is 0 Å². The van der Waals surface area contributed by atoms with Crippen LogP contribution in [-0.2, 0) is 0 Å². The molecule has 0 aromatic heterocycles. The van der Waals surface area contributed by atoms with Crippen LogP contribution in [0, 0.1) is 10.8 Å². The van der Waals surface area contributed by atoms with E-state index in [0.29, 0.717) is 10.8 Å². The summed E-state index contributed by atoms with van der Waals surface area (Å²) in [6.07, 6.45) is 14.2. The van der Waals surface area contributed by atoms with Crippen LogP contribution in [-0.4, -0.2) is 0 Å². The Balaban J connectivity index is 0.000000220. The van der Waals surface area contributed by atoms with Gasteiger partial charge in [0.2, 0.25) is 0 Å². The smallest absolute Gasteiger partial charge is 0.0132 e. The van der Waals surface area contributed by atoms with Crippen LogP contribution in [0.15, 0.2) is 46.6 Å². The van der Waals surface area contributed by atoms with Gasteiger partial charge in [-0.3, -0.25) is 0 Å². The Hall–Kier alpha value is -1.04. The van der Waals surface area contributed by atoms with Gasteiger partial charge < -0.3 is 0 Å². The summed E-state index contributed by atoms with van der Waals surface area (Å²) in [7, 11) is 0. The standard InChI is InChI=1S/2C11H18/c2*1-5-10-6-9(2)7-11(3,4)8-10/h6,8H,5,7H2,1-4H3;5-6H,7-8H2,1-4H3/b;10-5-. The maximum atomic E-state index is 2.40. The molecule has 0 heterocycles. The molecular weight excluding hydrogens is 264 g/mol. The van der Waals surface area contributed by atoms with Crippen LogP contribution >= 0.6 is 0 Å². The van der Waals surface area contributed by atoms with E-state index in [2.05, 4.69) is 79.7 Å². The van der Waals surface area contributed by atoms with Gasteiger partial charge in [-0.1, -0.05) is 81.2 Å². The molecular formula is C22H36. The van der Waals surface area contributed by atoms with Crippen LogP contribution in [0.1, 0.15) is 81.1 Å². The molecule has 0 N–H and O–H groups in total. The van der Waals surface area contributed by atoms with Crippen molar-refractivity contribution in [1.29, 1.82) is 0 Å². The van der Waals surface area contributed by atoms with E-state index >= 15 is 0 Å². The Morgan fingerprint density at radius 1 is 0.955 bits per heavy atom. The van der Waals surface area contributed by atoms with Gasteiger partial charge in [0.1, 0.15) is 0 Å². The molecule has 0 saturated heterocycles. The minimum Gasteiger partial charge on any atom is -0.0844 e. The largest absolute Gasteiger partial charge is 0.0844 e. The lowest BCUT2D eigenvalue weighted by molar-refractivity contribution is 0.351. The highest BCUT2D eigenvalue weighted by Gasteiger charge is 2.22. The quantitative estimate of drug-likeness (QED) is 0.473. The Kier molecular flexibility index (Phi) is 6.47. The molecule has 0 fully saturated rings. The average molecular weight is 301 g/mol. The van der Waals surface area contributed by atoms with E-state index in [9.17, 15) is 0 Å². The van der Waals surface area contributed by atoms with E-state index in [1.54, 1.807) is 0 Å². The second-order valence-corrected chi connectivity index (χ2v) is 8.60. The normalized spacial score (nSPS) is 24.7. The summed E-state index contributed by atoms with van der Waals surface area (Å²) in [6, 6.07) is 0. The van der Waals surface area contributed by atoms with Crippen LogP contribution in [0.2, 0.25) is 0 Å². The summed E-state index contributed by atoms with van der Waals surface area (Å²) in [5.41, 5.74) is 6.92. The molecule has 0 atom stereocenters. The molecule has 124 valence electrons. The van der Waals surface area contributed by atoms with Gasteiger partial charge in [0.15, 0.2) is 0 Å². The highest BCUT2D eigenvalue weighted by atomic mass is 14.3. The zero-order valence-corrected chi connectivity index (χ0v) is 16.1. The average Bonchev–Trinajstić information content (AvgIpc) is 2.34. The van der Waals surface area contributed by atoms with E-state index in [1.807, 2.05) is 0 Å². The van der Waals surface area contributed by atoms with E-state index in [4.69, 9.17) is 0 Å². The lowest BCUT2D eigenvalue weighted by Crippen LogP contribution is -2.16. The predicted octanol–water partition coefficient (Wildman–Crippen LogP) is 7.40. The van der Waals surface area contributed by atoms with Crippen LogP contribution < -0.4 is 0 Å². The third-order valence-corrected chi connectivity index (χ3v) is 4.39. The lowest BCUT2D eigenvalue weighted by Gasteiger charge is -2.30. The molecule has 2 aliphatic carbocycles. The predicted molar refractivity (Wildman–Crippen MR) is 101 cm³/mol. The molecule has 0 radical (unpaired) electrons. The molecule has 0 aromatic rings. The van der Waals surface area contributed by atoms with Crippen molar-refractivity contribution in [1.82, 2.24) is 0 Å². The van der Waals surface area contributed by atoms with Gasteiger partial charge in [-0.05, 0) is 57.3 Å². The molecule has 0 aromatic carbocycles. The summed E-state index contributed by atoms with van der Waals surface area (Å²) < 4.78 is 0. The summed E-state index contributed by atoms with van der Waals surface area (Å²) >= 11 is 0. The third kappa shape index (κ3) is 6.38. The number of hydrogen-bond donors (Lipinski definition) is 0. The fourth-order valence-corrected chi connectivity index (χ4v) is 3.86. The number of allylic oxidation sites excluding steroid dienone is 8. The van der Waals surface area contributed by atoms with Gasteiger partial charge in [0.25, 0.3) is 0 Å². The van der Waals surface area contributed by atoms with Gasteiger partial charge >= 0.3 is 0 Å². The Labute approximate surface area is 139 Å². The number of hydrogen-bond acceptors (Lipinski definition) is 0. The summed E-state index contributed by atoms with van der Waals surface area (Å²) in [5, 5.41) is 0. The Bertz CT molecular complexity index is 504. The second-order valence-electron chi connectivity index (χ2n) is 8.60. The lowest BCUT2D eigenvalue weighted by atomic mass is 9.76. The summed E-state index contributed by atoms with van der Waals surface area (Å²) in [6.45, 7) is 18.1. The first-order chi connectivity index (χ1) is 10.1. The Morgan fingerprint density at radius 2 is 1.55 bits per heavy atom. The summed E-state index contributed by atoms with van der Waals surface area (Å²) in [5.74, 6) is 0. The van der Waals surface area contributed by atoms with Crippen molar-refractivity contribution in [3.8, 4) is 0 Å². The third-order valence-electron chi connectivity index (χ3n) is 4.39. The fraction of sp³-hybridized carbons (Fsp3) is 0.636. The maximum Gasteiger partial charge on any atom is -0.0132 e. The van der Waals surface area contributed by atoms with E-state index in [1.165, 1.54) is 48.0 Å². The van der Waals surface area contributed by atoms with Crippen molar-refractivity contribution in [3.63, 3.8) is 0 Å². The minimum absolute atomic E-state index is 0.393. The molecule has 2 rings (SSSR count). The SMILES string of the molecule is C/C=C1/C=C(C)CC(C)(C)C1.CCC1=CC(C)(C)CC(C)=C1. The van der Waals surface area contributed by atoms with Crippen molar-refractivity contribution >= 4 is 0 Å². The molecule has 2 aliphatic rings. The molecule has 0 heteroatoms. The van der Waals surface area contributed by atoms with E-state index in [-0.39, 0.29) is 0 Å². The second kappa shape index (κ2) is 7.49. The van der Waals surface area contributed by atoms with Crippen molar-refractivity contribution in [2.75, 3.05) is 0 Å². The molecule has 0 aliphatic heterocycles. The molecule has 0 unspecified atom stereocenters. The zero-order chi connectivity index (χ0) is 17.0. The Morgan fingerprint density at radius 3 is 2.00 bits per heavy atom. The first kappa shape index (κ1) is 19.0. The van der Waals surface area contributed by atoms with Crippen molar-refractivity contribution in [3.05, 3.63) is 46.6 Å². The maximum absolute atomic E-state index is 2.40. The monoisotopic (exact) mass is 300 g/mol. The first-order valence-electron chi connectivity index (χ1n) is 8.78. The van der Waals surface area contributed by atoms with Crippen LogP contribution in [0.3, 0.4) is 0 Å². The molecule has 0 saturated carbocycles. The van der Waals surface area contributed by atoms with Crippen molar-refractivity contribution < 1.29 is 0 Å². The zero-order valence-electron chi connectivity index (χ0n) is 16.1. The molecule has 0 bridgehead atoms. The fourth-order valence-electron chi connectivity index (χ4n) is 3.86. The van der Waals surface area contributed by atoms with Crippen LogP contribution in [0.25, 0.3) is 0 Å². The topological polar surface area (TPSA) is 0 Å². The molecule has 0 amide bonds. The van der Waals surface area contributed by atoms with Gasteiger partial charge in [-0.25, -0.2) is 0 Å². The van der Waals surface area contributed by atoms with Crippen molar-refractivity contribution in [2.45, 2.75) is 81.1 Å². The minimum atomic E-state index is 0.393. The van der Waals surface area contributed by atoms with Crippen LogP contribution in [0.5, 0.6) is 0 Å². The molecule has 0 nitrogen and oxygen atoms in total. The number of rotatable bonds is 1. The molecule has 0 spiro atoms. The highest BCUT2D eigenvalue weighted by molar-refractivity contribution is 5.30. The molecule has 22 heavy (non-hydrogen) atoms. The first-order valence-corrected chi connectivity index (χ1v) is 8.78. The summed E-state index contributed by atoms with van der Waals surface area (Å²) in [4.78, 5) is 0. The van der Waals surface area contributed by atoms with Gasteiger partial charge in [-0.2, -0.15) is 0 Å². The van der Waals surface area contributed by atoms with E-state index < -0.39 is 0 Å².